The molecule has 100 valence electrons. The Kier molecular flexibility index (Phi) is 5.24. The van der Waals surface area contributed by atoms with Crippen molar-refractivity contribution >= 4 is 40.1 Å². The van der Waals surface area contributed by atoms with Gasteiger partial charge >= 0.3 is 12.4 Å². The van der Waals surface area contributed by atoms with Crippen LogP contribution in [0.5, 0.6) is 5.75 Å². The molecule has 0 spiro atoms. The van der Waals surface area contributed by atoms with Crippen LogP contribution in [0.3, 0.4) is 0 Å². The number of nitro groups is 1. The fourth-order valence-electron chi connectivity index (χ4n) is 1.20. The van der Waals surface area contributed by atoms with Crippen LogP contribution in [0.2, 0.25) is 0 Å². The third kappa shape index (κ3) is 3.49. The first-order valence-electron chi connectivity index (χ1n) is 4.68. The maximum absolute atomic E-state index is 11.0. The number of aryl methyl sites for hydroxylation is 1. The maximum Gasteiger partial charge on any atom is 0.380 e. The molecule has 0 aliphatic heterocycles. The quantitative estimate of drug-likeness (QED) is 0.456. The zero-order valence-corrected chi connectivity index (χ0v) is 13.2. The molecule has 0 saturated heterocycles. The molecule has 0 atom stereocenters. The fraction of sp³-hybridized carbons (Fsp3) is 0.333. The number of benzene rings is 1. The molecule has 1 aromatic rings. The zero-order chi connectivity index (χ0) is 13.9. The monoisotopic (exact) mass is 355 g/mol. The molecule has 0 radical (unpaired) electrons. The lowest BCUT2D eigenvalue weighted by molar-refractivity contribution is -0.385. The van der Waals surface area contributed by atoms with Crippen LogP contribution in [-0.2, 0) is 20.9 Å². The predicted molar refractivity (Wildman–Crippen MR) is 74.5 cm³/mol. The fourth-order valence-corrected chi connectivity index (χ4v) is 2.90. The molecule has 1 aromatic carbocycles. The van der Waals surface area contributed by atoms with Crippen LogP contribution in [0.1, 0.15) is 5.56 Å². The van der Waals surface area contributed by atoms with Crippen molar-refractivity contribution in [1.82, 2.24) is 0 Å². The van der Waals surface area contributed by atoms with Crippen molar-refractivity contribution in [3.8, 4) is 5.75 Å². The summed E-state index contributed by atoms with van der Waals surface area (Å²) in [4.78, 5) is 10.4. The molecule has 0 N–H and O–H groups in total. The summed E-state index contributed by atoms with van der Waals surface area (Å²) >= 11 is 8.23. The summed E-state index contributed by atoms with van der Waals surface area (Å²) in [6.07, 6.45) is 0. The Balaban J connectivity index is 3.31. The van der Waals surface area contributed by atoms with Gasteiger partial charge in [-0.2, -0.15) is 0 Å². The van der Waals surface area contributed by atoms with E-state index in [2.05, 4.69) is 15.9 Å². The van der Waals surface area contributed by atoms with Crippen LogP contribution in [0.4, 0.5) is 5.69 Å². The van der Waals surface area contributed by atoms with Gasteiger partial charge in [0, 0.05) is 32.1 Å². The van der Waals surface area contributed by atoms with Crippen LogP contribution in [0.15, 0.2) is 16.6 Å². The molecule has 0 amide bonds. The van der Waals surface area contributed by atoms with Gasteiger partial charge in [0.05, 0.1) is 9.40 Å². The van der Waals surface area contributed by atoms with Gasteiger partial charge in [-0.1, -0.05) is 0 Å². The lowest BCUT2D eigenvalue weighted by Gasteiger charge is -2.19. The van der Waals surface area contributed by atoms with Gasteiger partial charge in [0.1, 0.15) is 0 Å². The molecule has 0 unspecified atom stereocenters. The molecule has 9 heteroatoms. The molecule has 1 rings (SSSR count). The van der Waals surface area contributed by atoms with E-state index in [0.717, 1.165) is 5.56 Å². The van der Waals surface area contributed by atoms with Gasteiger partial charge in [0.15, 0.2) is 0 Å². The van der Waals surface area contributed by atoms with Gasteiger partial charge in [-0.3, -0.25) is 10.1 Å². The van der Waals surface area contributed by atoms with Gasteiger partial charge < -0.3 is 13.6 Å². The summed E-state index contributed by atoms with van der Waals surface area (Å²) in [5.74, 6) is 0.0117. The first-order chi connectivity index (χ1) is 8.33. The average molecular weight is 356 g/mol. The van der Waals surface area contributed by atoms with Gasteiger partial charge in [-0.25, -0.2) is 0 Å². The second-order valence-electron chi connectivity index (χ2n) is 3.26. The highest BCUT2D eigenvalue weighted by Crippen LogP contribution is 2.52. The highest BCUT2D eigenvalue weighted by atomic mass is 79.9. The Morgan fingerprint density at radius 3 is 2.39 bits per heavy atom. The average Bonchev–Trinajstić information content (AvgIpc) is 2.31. The Morgan fingerprint density at radius 2 is 1.94 bits per heavy atom. The highest BCUT2D eigenvalue weighted by Gasteiger charge is 2.27. The Hall–Kier alpha value is -0.530. The third-order valence-corrected chi connectivity index (χ3v) is 5.02. The number of nitrogens with zero attached hydrogens (tertiary/aromatic N) is 1. The molecule has 0 aromatic heterocycles. The number of hydrogen-bond donors (Lipinski definition) is 0. The summed E-state index contributed by atoms with van der Waals surface area (Å²) in [6.45, 7) is -1.27. The number of hydrogen-bond acceptors (Lipinski definition) is 6. The van der Waals surface area contributed by atoms with E-state index in [1.54, 1.807) is 13.0 Å². The van der Waals surface area contributed by atoms with Crippen molar-refractivity contribution in [2.45, 2.75) is 6.92 Å². The minimum atomic E-state index is -3.01. The lowest BCUT2D eigenvalue weighted by atomic mass is 10.2. The lowest BCUT2D eigenvalue weighted by Crippen LogP contribution is -2.01. The first kappa shape index (κ1) is 15.5. The van der Waals surface area contributed by atoms with E-state index in [1.807, 2.05) is 0 Å². The van der Waals surface area contributed by atoms with Crippen LogP contribution >= 0.6 is 22.6 Å². The number of nitro benzene ring substituents is 1. The second-order valence-corrected chi connectivity index (χ2v) is 7.26. The standard InChI is InChI=1S/C9H11BrNO5PS/c1-6-4-7(10)9(8(5-6)11(12)13)16-17(18,14-2)15-3/h4-5H,1-3H3. The van der Waals surface area contributed by atoms with Gasteiger partial charge in [-0.05, 0) is 34.5 Å². The minimum Gasteiger partial charge on any atom is -0.416 e. The molecule has 0 saturated carbocycles. The summed E-state index contributed by atoms with van der Waals surface area (Å²) < 4.78 is 15.7. The molecular weight excluding hydrogens is 345 g/mol. The van der Waals surface area contributed by atoms with E-state index in [1.165, 1.54) is 20.3 Å². The van der Waals surface area contributed by atoms with Gasteiger partial charge in [-0.15, -0.1) is 0 Å². The molecule has 18 heavy (non-hydrogen) atoms. The Bertz CT molecular complexity index is 516. The topological polar surface area (TPSA) is 70.8 Å². The maximum atomic E-state index is 11.0. The zero-order valence-electron chi connectivity index (χ0n) is 9.88. The summed E-state index contributed by atoms with van der Waals surface area (Å²) in [6, 6.07) is 3.08. The third-order valence-electron chi connectivity index (χ3n) is 2.02. The highest BCUT2D eigenvalue weighted by molar-refractivity contribution is 9.10. The predicted octanol–water partition coefficient (Wildman–Crippen LogP) is 3.56. The van der Waals surface area contributed by atoms with E-state index in [-0.39, 0.29) is 11.4 Å². The van der Waals surface area contributed by atoms with E-state index >= 15 is 0 Å². The molecule has 0 aliphatic carbocycles. The van der Waals surface area contributed by atoms with Crippen LogP contribution in [0.25, 0.3) is 0 Å². The van der Waals surface area contributed by atoms with Crippen LogP contribution in [0, 0.1) is 17.0 Å². The summed E-state index contributed by atoms with van der Waals surface area (Å²) in [7, 11) is 2.66. The summed E-state index contributed by atoms with van der Waals surface area (Å²) in [5.41, 5.74) is 0.536. The molecule has 0 bridgehead atoms. The van der Waals surface area contributed by atoms with Crippen molar-refractivity contribution in [1.29, 1.82) is 0 Å². The molecule has 6 nitrogen and oxygen atoms in total. The van der Waals surface area contributed by atoms with Gasteiger partial charge in [0.2, 0.25) is 5.75 Å². The summed E-state index contributed by atoms with van der Waals surface area (Å²) in [5, 5.41) is 11.0. The van der Waals surface area contributed by atoms with Crippen molar-refractivity contribution in [2.75, 3.05) is 14.2 Å². The molecule has 0 aliphatic rings. The Morgan fingerprint density at radius 1 is 1.39 bits per heavy atom. The minimum absolute atomic E-state index is 0.0117. The van der Waals surface area contributed by atoms with Crippen molar-refractivity contribution in [3.63, 3.8) is 0 Å². The van der Waals surface area contributed by atoms with E-state index in [9.17, 15) is 10.1 Å². The van der Waals surface area contributed by atoms with Crippen LogP contribution in [-0.4, -0.2) is 19.1 Å². The van der Waals surface area contributed by atoms with Crippen molar-refractivity contribution in [3.05, 3.63) is 32.3 Å². The molecular formula is C9H11BrNO5PS. The Labute approximate surface area is 118 Å². The van der Waals surface area contributed by atoms with Crippen molar-refractivity contribution in [2.24, 2.45) is 0 Å². The van der Waals surface area contributed by atoms with Crippen molar-refractivity contribution < 1.29 is 18.5 Å². The largest absolute Gasteiger partial charge is 0.416 e. The van der Waals surface area contributed by atoms with E-state index in [0.29, 0.717) is 4.47 Å². The van der Waals surface area contributed by atoms with E-state index in [4.69, 9.17) is 25.4 Å². The second kappa shape index (κ2) is 6.08. The first-order valence-corrected chi connectivity index (χ1v) is 8.03. The van der Waals surface area contributed by atoms with Gasteiger partial charge in [0.25, 0.3) is 0 Å². The molecule has 0 heterocycles. The van der Waals surface area contributed by atoms with Crippen LogP contribution < -0.4 is 4.52 Å². The SMILES string of the molecule is COP(=S)(OC)Oc1c(Br)cc(C)cc1[N+](=O)[O-]. The van der Waals surface area contributed by atoms with E-state index < -0.39 is 11.6 Å². The smallest absolute Gasteiger partial charge is 0.380 e. The number of rotatable bonds is 5. The normalized spacial score (nSPS) is 11.3. The molecule has 0 fully saturated rings. The number of halogens is 1.